The van der Waals surface area contributed by atoms with E-state index in [-0.39, 0.29) is 0 Å². The molecule has 106 valence electrons. The van der Waals surface area contributed by atoms with E-state index in [1.54, 1.807) is 11.8 Å². The molecule has 1 nitrogen and oxygen atoms in total. The Morgan fingerprint density at radius 3 is 2.59 bits per heavy atom. The second-order valence-corrected chi connectivity index (χ2v) is 6.32. The molecule has 0 bridgehead atoms. The van der Waals surface area contributed by atoms with E-state index in [0.29, 0.717) is 0 Å². The number of hydrogen-bond acceptors (Lipinski definition) is 2. The zero-order valence-corrected chi connectivity index (χ0v) is 13.1. The average Bonchev–Trinajstić information content (AvgIpc) is 2.89. The first-order chi connectivity index (χ1) is 10.8. The van der Waals surface area contributed by atoms with Crippen molar-refractivity contribution in [2.45, 2.75) is 4.90 Å². The Morgan fingerprint density at radius 2 is 1.68 bits per heavy atom. The van der Waals surface area contributed by atoms with Gasteiger partial charge in [-0.25, -0.2) is 0 Å². The first-order valence-corrected chi connectivity index (χ1v) is 8.10. The third kappa shape index (κ3) is 2.23. The van der Waals surface area contributed by atoms with Gasteiger partial charge in [0.2, 0.25) is 0 Å². The summed E-state index contributed by atoms with van der Waals surface area (Å²) in [5.74, 6) is 0. The van der Waals surface area contributed by atoms with Gasteiger partial charge in [0.25, 0.3) is 0 Å². The van der Waals surface area contributed by atoms with Gasteiger partial charge in [0, 0.05) is 11.9 Å². The fourth-order valence-electron chi connectivity index (χ4n) is 2.74. The summed E-state index contributed by atoms with van der Waals surface area (Å²) in [4.78, 5) is 3.49. The van der Waals surface area contributed by atoms with E-state index in [1.807, 2.05) is 0 Å². The third-order valence-corrected chi connectivity index (χ3v) is 5.06. The van der Waals surface area contributed by atoms with Gasteiger partial charge in [-0.1, -0.05) is 72.1 Å². The Bertz CT molecular complexity index is 914. The predicted molar refractivity (Wildman–Crippen MR) is 96.1 cm³/mol. The standard InChI is InChI=1S/C20H15NS/c1-21-18-11-4-5-12-19(18)22-20(21)14-13-16-9-6-8-15-7-2-3-10-17(15)16/h2-13H,1H3. The van der Waals surface area contributed by atoms with E-state index >= 15 is 0 Å². The highest BCUT2D eigenvalue weighted by atomic mass is 32.2. The molecule has 0 unspecified atom stereocenters. The number of fused-ring (bicyclic) bond motifs is 2. The van der Waals surface area contributed by atoms with E-state index in [0.717, 1.165) is 5.03 Å². The van der Waals surface area contributed by atoms with Gasteiger partial charge in [-0.3, -0.25) is 0 Å². The molecule has 0 saturated carbocycles. The molecule has 0 radical (unpaired) electrons. The van der Waals surface area contributed by atoms with Crippen LogP contribution in [-0.4, -0.2) is 7.05 Å². The topological polar surface area (TPSA) is 3.24 Å². The van der Waals surface area contributed by atoms with E-state index in [4.69, 9.17) is 0 Å². The van der Waals surface area contributed by atoms with Crippen LogP contribution in [0.4, 0.5) is 5.69 Å². The molecule has 3 aromatic carbocycles. The maximum absolute atomic E-state index is 3.47. The highest BCUT2D eigenvalue weighted by molar-refractivity contribution is 8.03. The fraction of sp³-hybridized carbons (Fsp3) is 0.0500. The van der Waals surface area contributed by atoms with Crippen LogP contribution in [0, 0.1) is 0 Å². The minimum Gasteiger partial charge on any atom is -0.332 e. The van der Waals surface area contributed by atoms with Gasteiger partial charge in [-0.2, -0.15) is 0 Å². The Balaban J connectivity index is 1.78. The molecule has 0 saturated heterocycles. The van der Waals surface area contributed by atoms with Crippen LogP contribution < -0.4 is 4.90 Å². The van der Waals surface area contributed by atoms with Gasteiger partial charge >= 0.3 is 0 Å². The van der Waals surface area contributed by atoms with Crippen LogP contribution >= 0.6 is 11.8 Å². The zero-order valence-electron chi connectivity index (χ0n) is 12.3. The van der Waals surface area contributed by atoms with Crippen molar-refractivity contribution in [2.75, 3.05) is 11.9 Å². The van der Waals surface area contributed by atoms with Gasteiger partial charge in [0.15, 0.2) is 0 Å². The van der Waals surface area contributed by atoms with Crippen molar-refractivity contribution in [2.24, 2.45) is 0 Å². The van der Waals surface area contributed by atoms with E-state index in [2.05, 4.69) is 90.5 Å². The van der Waals surface area contributed by atoms with Crippen LogP contribution in [0.15, 0.2) is 82.4 Å². The maximum atomic E-state index is 3.47. The summed E-state index contributed by atoms with van der Waals surface area (Å²) in [6.07, 6.45) is 2.09. The molecule has 1 heterocycles. The molecule has 3 aromatic rings. The van der Waals surface area contributed by atoms with Gasteiger partial charge in [0.05, 0.1) is 5.69 Å². The van der Waals surface area contributed by atoms with Crippen LogP contribution in [0.3, 0.4) is 0 Å². The van der Waals surface area contributed by atoms with Gasteiger partial charge < -0.3 is 4.90 Å². The van der Waals surface area contributed by atoms with Crippen molar-refractivity contribution in [1.82, 2.24) is 0 Å². The third-order valence-electron chi connectivity index (χ3n) is 3.91. The predicted octanol–water partition coefficient (Wildman–Crippen LogP) is 5.54. The highest BCUT2D eigenvalue weighted by Gasteiger charge is 2.20. The minimum atomic E-state index is 1.13. The second-order valence-electron chi connectivity index (χ2n) is 5.29. The molecule has 0 aromatic heterocycles. The largest absolute Gasteiger partial charge is 0.332 e. The monoisotopic (exact) mass is 301 g/mol. The number of thioether (sulfide) groups is 1. The average molecular weight is 301 g/mol. The normalized spacial score (nSPS) is 13.1. The summed E-state index contributed by atoms with van der Waals surface area (Å²) in [6, 6.07) is 23.3. The van der Waals surface area contributed by atoms with Crippen molar-refractivity contribution in [3.05, 3.63) is 83.1 Å². The summed E-state index contributed by atoms with van der Waals surface area (Å²) in [6.45, 7) is 0. The van der Waals surface area contributed by atoms with E-state index in [9.17, 15) is 0 Å². The zero-order chi connectivity index (χ0) is 14.9. The van der Waals surface area contributed by atoms with Crippen LogP contribution in [0.2, 0.25) is 0 Å². The Labute approximate surface area is 134 Å². The van der Waals surface area contributed by atoms with Crippen molar-refractivity contribution >= 4 is 34.3 Å². The maximum Gasteiger partial charge on any atom is 0.124 e. The Kier molecular flexibility index (Phi) is 3.27. The van der Waals surface area contributed by atoms with Crippen LogP contribution in [0.5, 0.6) is 0 Å². The van der Waals surface area contributed by atoms with Crippen molar-refractivity contribution in [1.29, 1.82) is 0 Å². The molecule has 0 amide bonds. The van der Waals surface area contributed by atoms with Crippen molar-refractivity contribution in [3.63, 3.8) is 0 Å². The lowest BCUT2D eigenvalue weighted by Gasteiger charge is -2.10. The summed E-state index contributed by atoms with van der Waals surface area (Å²) in [7, 11) is 2.10. The number of anilines is 1. The molecule has 1 aliphatic heterocycles. The molecule has 22 heavy (non-hydrogen) atoms. The number of para-hydroxylation sites is 1. The highest BCUT2D eigenvalue weighted by Crippen LogP contribution is 2.44. The summed E-state index contributed by atoms with van der Waals surface area (Å²) < 4.78 is 0. The molecule has 0 aliphatic carbocycles. The van der Waals surface area contributed by atoms with Crippen LogP contribution in [0.25, 0.3) is 16.8 Å². The first-order valence-electron chi connectivity index (χ1n) is 7.28. The summed E-state index contributed by atoms with van der Waals surface area (Å²) >= 11 is 1.77. The minimum absolute atomic E-state index is 1.13. The molecule has 1 aliphatic rings. The fourth-order valence-corrected chi connectivity index (χ4v) is 3.76. The quantitative estimate of drug-likeness (QED) is 0.543. The Hall–Kier alpha value is -2.41. The first kappa shape index (κ1) is 13.3. The number of benzene rings is 3. The van der Waals surface area contributed by atoms with E-state index < -0.39 is 0 Å². The molecule has 4 rings (SSSR count). The lowest BCUT2D eigenvalue weighted by atomic mass is 10.0. The van der Waals surface area contributed by atoms with Crippen molar-refractivity contribution in [3.8, 4) is 0 Å². The molecular formula is C20H15NS. The number of rotatable bonds is 1. The molecule has 2 heteroatoms. The van der Waals surface area contributed by atoms with Crippen LogP contribution in [-0.2, 0) is 0 Å². The van der Waals surface area contributed by atoms with Crippen LogP contribution in [0.1, 0.15) is 5.56 Å². The number of nitrogens with zero attached hydrogens (tertiary/aromatic N) is 1. The molecule has 0 fully saturated rings. The van der Waals surface area contributed by atoms with Gasteiger partial charge in [-0.05, 0) is 34.5 Å². The lowest BCUT2D eigenvalue weighted by Crippen LogP contribution is -2.08. The SMILES string of the molecule is CN1C(=C=Cc2cccc3ccccc23)Sc2ccccc21. The molecule has 0 spiro atoms. The van der Waals surface area contributed by atoms with Crippen molar-refractivity contribution < 1.29 is 0 Å². The summed E-state index contributed by atoms with van der Waals surface area (Å²) in [5.41, 5.74) is 5.92. The summed E-state index contributed by atoms with van der Waals surface area (Å²) in [5, 5.41) is 3.66. The van der Waals surface area contributed by atoms with Gasteiger partial charge in [0.1, 0.15) is 5.03 Å². The van der Waals surface area contributed by atoms with Gasteiger partial charge in [-0.15, -0.1) is 0 Å². The Morgan fingerprint density at radius 1 is 0.909 bits per heavy atom. The lowest BCUT2D eigenvalue weighted by molar-refractivity contribution is 1.18. The molecule has 0 N–H and O–H groups in total. The molecule has 0 atom stereocenters. The second kappa shape index (κ2) is 5.42. The molecular weight excluding hydrogens is 286 g/mol. The number of hydrogen-bond donors (Lipinski definition) is 0. The van der Waals surface area contributed by atoms with E-state index in [1.165, 1.54) is 26.9 Å². The smallest absolute Gasteiger partial charge is 0.124 e.